The number of nitrogens with zero attached hydrogens (tertiary/aromatic N) is 2. The SMILES string of the molecule is OCCC1(CNCc2c(C3CC3)nc3sccn23)CCOC1. The molecule has 6 heteroatoms. The Hall–Kier alpha value is -0.950. The molecule has 2 aromatic heterocycles. The lowest BCUT2D eigenvalue weighted by atomic mass is 9.84. The molecule has 0 bridgehead atoms. The fourth-order valence-corrected chi connectivity index (χ4v) is 4.21. The molecule has 3 heterocycles. The Bertz CT molecular complexity index is 641. The van der Waals surface area contributed by atoms with Gasteiger partial charge in [0.25, 0.3) is 0 Å². The number of thiazole rings is 1. The van der Waals surface area contributed by atoms with Gasteiger partial charge in [-0.05, 0) is 25.7 Å². The highest BCUT2D eigenvalue weighted by atomic mass is 32.1. The van der Waals surface area contributed by atoms with Gasteiger partial charge in [-0.1, -0.05) is 0 Å². The molecule has 22 heavy (non-hydrogen) atoms. The zero-order chi connectivity index (χ0) is 15.0. The first-order chi connectivity index (χ1) is 10.8. The molecule has 1 aliphatic carbocycles. The Morgan fingerprint density at radius 3 is 3.14 bits per heavy atom. The fraction of sp³-hybridized carbons (Fsp3) is 0.688. The third-order valence-corrected chi connectivity index (χ3v) is 5.73. The summed E-state index contributed by atoms with van der Waals surface area (Å²) >= 11 is 1.70. The van der Waals surface area contributed by atoms with Gasteiger partial charge in [-0.3, -0.25) is 4.40 Å². The van der Waals surface area contributed by atoms with Crippen LogP contribution in [-0.2, 0) is 11.3 Å². The molecule has 0 aromatic carbocycles. The van der Waals surface area contributed by atoms with Gasteiger partial charge in [0.1, 0.15) is 0 Å². The fourth-order valence-electron chi connectivity index (χ4n) is 3.47. The summed E-state index contributed by atoms with van der Waals surface area (Å²) in [5, 5.41) is 15.0. The van der Waals surface area contributed by atoms with Gasteiger partial charge < -0.3 is 15.2 Å². The maximum atomic E-state index is 9.32. The van der Waals surface area contributed by atoms with Crippen molar-refractivity contribution in [1.82, 2.24) is 14.7 Å². The van der Waals surface area contributed by atoms with Crippen molar-refractivity contribution in [3.05, 3.63) is 23.0 Å². The van der Waals surface area contributed by atoms with E-state index in [2.05, 4.69) is 21.3 Å². The van der Waals surface area contributed by atoms with Crippen molar-refractivity contribution in [1.29, 1.82) is 0 Å². The highest BCUT2D eigenvalue weighted by molar-refractivity contribution is 7.15. The molecule has 0 amide bonds. The molecule has 1 unspecified atom stereocenters. The van der Waals surface area contributed by atoms with Crippen molar-refractivity contribution in [2.24, 2.45) is 5.41 Å². The van der Waals surface area contributed by atoms with E-state index in [-0.39, 0.29) is 12.0 Å². The molecule has 2 aromatic rings. The van der Waals surface area contributed by atoms with Gasteiger partial charge in [0, 0.05) is 49.2 Å². The van der Waals surface area contributed by atoms with Crippen LogP contribution in [0.3, 0.4) is 0 Å². The van der Waals surface area contributed by atoms with Gasteiger partial charge in [0.05, 0.1) is 18.0 Å². The quantitative estimate of drug-likeness (QED) is 0.820. The van der Waals surface area contributed by atoms with E-state index in [1.54, 1.807) is 11.3 Å². The summed E-state index contributed by atoms with van der Waals surface area (Å²) < 4.78 is 7.79. The van der Waals surface area contributed by atoms with Crippen LogP contribution in [0.1, 0.15) is 43.0 Å². The predicted molar refractivity (Wildman–Crippen MR) is 86.3 cm³/mol. The van der Waals surface area contributed by atoms with Crippen LogP contribution in [0.5, 0.6) is 0 Å². The molecule has 1 saturated heterocycles. The number of ether oxygens (including phenoxy) is 1. The molecule has 5 nitrogen and oxygen atoms in total. The van der Waals surface area contributed by atoms with E-state index in [0.717, 1.165) is 44.1 Å². The van der Waals surface area contributed by atoms with Gasteiger partial charge in [-0.2, -0.15) is 0 Å². The molecule has 2 aliphatic rings. The minimum atomic E-state index is 0.104. The van der Waals surface area contributed by atoms with E-state index in [9.17, 15) is 5.11 Å². The molecule has 1 aliphatic heterocycles. The van der Waals surface area contributed by atoms with E-state index >= 15 is 0 Å². The molecule has 0 spiro atoms. The van der Waals surface area contributed by atoms with Crippen LogP contribution in [0.4, 0.5) is 0 Å². The first-order valence-electron chi connectivity index (χ1n) is 8.15. The first kappa shape index (κ1) is 14.6. The summed E-state index contributed by atoms with van der Waals surface area (Å²) in [7, 11) is 0. The molecule has 1 atom stereocenters. The van der Waals surface area contributed by atoms with Gasteiger partial charge in [-0.25, -0.2) is 4.98 Å². The van der Waals surface area contributed by atoms with Crippen LogP contribution < -0.4 is 5.32 Å². The largest absolute Gasteiger partial charge is 0.396 e. The number of aliphatic hydroxyl groups is 1. The maximum absolute atomic E-state index is 9.32. The number of rotatable bonds is 7. The molecule has 1 saturated carbocycles. The van der Waals surface area contributed by atoms with Gasteiger partial charge >= 0.3 is 0 Å². The average molecular weight is 321 g/mol. The second-order valence-electron chi connectivity index (χ2n) is 6.65. The molecular weight excluding hydrogens is 298 g/mol. The van der Waals surface area contributed by atoms with Gasteiger partial charge in [0.2, 0.25) is 0 Å². The number of aliphatic hydroxyl groups excluding tert-OH is 1. The monoisotopic (exact) mass is 321 g/mol. The Balaban J connectivity index is 1.47. The predicted octanol–water partition coefficient (Wildman–Crippen LogP) is 2.15. The Kier molecular flexibility index (Phi) is 3.94. The summed E-state index contributed by atoms with van der Waals surface area (Å²) in [4.78, 5) is 5.92. The van der Waals surface area contributed by atoms with E-state index in [1.807, 2.05) is 0 Å². The van der Waals surface area contributed by atoms with Crippen LogP contribution in [0.2, 0.25) is 0 Å². The number of nitrogens with one attached hydrogen (secondary N) is 1. The van der Waals surface area contributed by atoms with E-state index in [0.29, 0.717) is 5.92 Å². The molecule has 120 valence electrons. The topological polar surface area (TPSA) is 58.8 Å². The third-order valence-electron chi connectivity index (χ3n) is 4.98. The number of aromatic nitrogens is 2. The molecule has 2 fully saturated rings. The summed E-state index contributed by atoms with van der Waals surface area (Å²) in [5.74, 6) is 0.671. The van der Waals surface area contributed by atoms with Crippen molar-refractivity contribution in [3.8, 4) is 0 Å². The number of hydrogen-bond acceptors (Lipinski definition) is 5. The smallest absolute Gasteiger partial charge is 0.194 e. The summed E-state index contributed by atoms with van der Waals surface area (Å²) in [6.45, 7) is 3.55. The molecular formula is C16H23N3O2S. The van der Waals surface area contributed by atoms with Crippen LogP contribution in [-0.4, -0.2) is 40.9 Å². The zero-order valence-electron chi connectivity index (χ0n) is 12.8. The van der Waals surface area contributed by atoms with Crippen molar-refractivity contribution >= 4 is 16.3 Å². The van der Waals surface area contributed by atoms with Crippen LogP contribution in [0.15, 0.2) is 11.6 Å². The third kappa shape index (κ3) is 2.69. The second-order valence-corrected chi connectivity index (χ2v) is 7.53. The number of fused-ring (bicyclic) bond motifs is 1. The number of imidazole rings is 1. The summed E-state index contributed by atoms with van der Waals surface area (Å²) in [6, 6.07) is 0. The normalized spacial score (nSPS) is 25.3. The van der Waals surface area contributed by atoms with Crippen molar-refractivity contribution in [2.45, 2.75) is 38.1 Å². The lowest BCUT2D eigenvalue weighted by molar-refractivity contribution is 0.124. The summed E-state index contributed by atoms with van der Waals surface area (Å²) in [5.41, 5.74) is 2.71. The zero-order valence-corrected chi connectivity index (χ0v) is 13.6. The minimum Gasteiger partial charge on any atom is -0.396 e. The molecule has 4 rings (SSSR count). The van der Waals surface area contributed by atoms with Crippen molar-refractivity contribution < 1.29 is 9.84 Å². The highest BCUT2D eigenvalue weighted by Gasteiger charge is 2.34. The Morgan fingerprint density at radius 1 is 1.50 bits per heavy atom. The molecule has 0 radical (unpaired) electrons. The second kappa shape index (κ2) is 5.92. The van der Waals surface area contributed by atoms with E-state index < -0.39 is 0 Å². The van der Waals surface area contributed by atoms with Crippen LogP contribution in [0.25, 0.3) is 4.96 Å². The Morgan fingerprint density at radius 2 is 2.41 bits per heavy atom. The van der Waals surface area contributed by atoms with Crippen molar-refractivity contribution in [3.63, 3.8) is 0 Å². The van der Waals surface area contributed by atoms with E-state index in [4.69, 9.17) is 9.72 Å². The van der Waals surface area contributed by atoms with Crippen LogP contribution >= 0.6 is 11.3 Å². The average Bonchev–Trinajstić information content (AvgIpc) is 2.94. The van der Waals surface area contributed by atoms with Crippen LogP contribution in [0, 0.1) is 5.41 Å². The van der Waals surface area contributed by atoms with Crippen molar-refractivity contribution in [2.75, 3.05) is 26.4 Å². The van der Waals surface area contributed by atoms with Gasteiger partial charge in [0.15, 0.2) is 4.96 Å². The molecule has 2 N–H and O–H groups in total. The first-order valence-corrected chi connectivity index (χ1v) is 9.03. The van der Waals surface area contributed by atoms with Gasteiger partial charge in [-0.15, -0.1) is 11.3 Å². The number of hydrogen-bond donors (Lipinski definition) is 2. The minimum absolute atomic E-state index is 0.104. The Labute approximate surface area is 134 Å². The highest BCUT2D eigenvalue weighted by Crippen LogP contribution is 2.42. The lowest BCUT2D eigenvalue weighted by Crippen LogP contribution is -2.35. The lowest BCUT2D eigenvalue weighted by Gasteiger charge is -2.26. The summed E-state index contributed by atoms with van der Waals surface area (Å²) in [6.07, 6.45) is 6.53. The maximum Gasteiger partial charge on any atom is 0.194 e. The van der Waals surface area contributed by atoms with E-state index in [1.165, 1.54) is 24.2 Å². The standard InChI is InChI=1S/C16H23N3O2S/c20-6-3-16(4-7-21-11-16)10-17-9-13-14(12-1-2-12)18-15-19(13)5-8-22-15/h5,8,12,17,20H,1-4,6-7,9-11H2.